The van der Waals surface area contributed by atoms with E-state index in [1.807, 2.05) is 38.2 Å². The summed E-state index contributed by atoms with van der Waals surface area (Å²) in [4.78, 5) is 24.9. The van der Waals surface area contributed by atoms with Crippen LogP contribution in [0.3, 0.4) is 0 Å². The van der Waals surface area contributed by atoms with Crippen molar-refractivity contribution in [3.05, 3.63) is 115 Å². The van der Waals surface area contributed by atoms with Crippen molar-refractivity contribution in [1.82, 2.24) is 0 Å². The first kappa shape index (κ1) is 28.8. The summed E-state index contributed by atoms with van der Waals surface area (Å²) < 4.78 is 16.5. The van der Waals surface area contributed by atoms with Gasteiger partial charge in [-0.2, -0.15) is 0 Å². The SMILES string of the molecule is C.C=C(/C=C\C=C/C)C(=C)[O][Ga]([CH3])[O]C(=O)c1ccccc1OC(=O)C(=C)/C=C\C=C/C. The molecule has 1 rings (SSSR count). The summed E-state index contributed by atoms with van der Waals surface area (Å²) in [6.07, 6.45) is 14.1. The van der Waals surface area contributed by atoms with Gasteiger partial charge in [0.15, 0.2) is 0 Å². The van der Waals surface area contributed by atoms with E-state index in [2.05, 4.69) is 19.7 Å². The quantitative estimate of drug-likeness (QED) is 0.0891. The summed E-state index contributed by atoms with van der Waals surface area (Å²) in [6, 6.07) is 6.34. The first-order valence-corrected chi connectivity index (χ1v) is 14.0. The van der Waals surface area contributed by atoms with Crippen molar-refractivity contribution >= 4 is 28.9 Å². The Kier molecular flexibility index (Phi) is 14.0. The molecule has 0 aromatic heterocycles. The van der Waals surface area contributed by atoms with Gasteiger partial charge in [-0.05, 0) is 0 Å². The van der Waals surface area contributed by atoms with Crippen molar-refractivity contribution in [3.8, 4) is 5.75 Å². The van der Waals surface area contributed by atoms with Crippen LogP contribution in [0.15, 0.2) is 110 Å². The molecule has 0 bridgehead atoms. The molecule has 32 heavy (non-hydrogen) atoms. The van der Waals surface area contributed by atoms with E-state index >= 15 is 0 Å². The number of ether oxygens (including phenoxy) is 1. The van der Waals surface area contributed by atoms with Gasteiger partial charge in [-0.25, -0.2) is 0 Å². The van der Waals surface area contributed by atoms with Gasteiger partial charge in [0.25, 0.3) is 0 Å². The zero-order chi connectivity index (χ0) is 23.2. The normalized spacial score (nSPS) is 10.8. The molecule has 0 saturated carbocycles. The van der Waals surface area contributed by atoms with Gasteiger partial charge in [-0.15, -0.1) is 0 Å². The molecule has 0 radical (unpaired) electrons. The van der Waals surface area contributed by atoms with E-state index in [1.54, 1.807) is 35.8 Å². The van der Waals surface area contributed by atoms with Crippen molar-refractivity contribution < 1.29 is 21.4 Å². The summed E-state index contributed by atoms with van der Waals surface area (Å²) >= 11 is -2.94. The Labute approximate surface area is 197 Å². The Bertz CT molecular complexity index is 951. The minimum absolute atomic E-state index is 0. The number of esters is 1. The van der Waals surface area contributed by atoms with Gasteiger partial charge in [0, 0.05) is 0 Å². The van der Waals surface area contributed by atoms with Crippen LogP contribution in [0.1, 0.15) is 31.6 Å². The molecular formula is C26H31GaO5. The molecule has 5 nitrogen and oxygen atoms in total. The Morgan fingerprint density at radius 1 is 0.875 bits per heavy atom. The molecule has 6 heteroatoms. The number of hydrogen-bond donors (Lipinski definition) is 0. The molecule has 0 fully saturated rings. The van der Waals surface area contributed by atoms with Crippen LogP contribution in [-0.4, -0.2) is 28.9 Å². The molecule has 0 saturated heterocycles. The first-order chi connectivity index (χ1) is 14.8. The molecule has 0 unspecified atom stereocenters. The zero-order valence-electron chi connectivity index (χ0n) is 18.2. The van der Waals surface area contributed by atoms with Crippen molar-refractivity contribution in [3.63, 3.8) is 0 Å². The van der Waals surface area contributed by atoms with Crippen LogP contribution in [0.5, 0.6) is 5.75 Å². The van der Waals surface area contributed by atoms with E-state index in [1.165, 1.54) is 18.2 Å². The molecule has 168 valence electrons. The molecule has 0 aliphatic heterocycles. The fourth-order valence-corrected chi connectivity index (χ4v) is 4.29. The van der Waals surface area contributed by atoms with Crippen molar-refractivity contribution in [2.75, 3.05) is 0 Å². The van der Waals surface area contributed by atoms with E-state index in [9.17, 15) is 9.59 Å². The van der Waals surface area contributed by atoms with Gasteiger partial charge in [0.2, 0.25) is 0 Å². The maximum absolute atomic E-state index is 12.6. The van der Waals surface area contributed by atoms with E-state index in [4.69, 9.17) is 11.8 Å². The van der Waals surface area contributed by atoms with Crippen LogP contribution < -0.4 is 4.74 Å². The molecule has 0 atom stereocenters. The van der Waals surface area contributed by atoms with Gasteiger partial charge in [0.1, 0.15) is 0 Å². The van der Waals surface area contributed by atoms with Gasteiger partial charge in [0.05, 0.1) is 0 Å². The molecule has 0 heterocycles. The van der Waals surface area contributed by atoms with Gasteiger partial charge < -0.3 is 0 Å². The zero-order valence-corrected chi connectivity index (χ0v) is 20.6. The van der Waals surface area contributed by atoms with Crippen LogP contribution in [0, 0.1) is 0 Å². The Morgan fingerprint density at radius 2 is 1.44 bits per heavy atom. The van der Waals surface area contributed by atoms with Crippen molar-refractivity contribution in [1.29, 1.82) is 0 Å². The van der Waals surface area contributed by atoms with Gasteiger partial charge >= 0.3 is 190 Å². The molecule has 0 spiro atoms. The molecule has 0 amide bonds. The third-order valence-electron chi connectivity index (χ3n) is 3.71. The van der Waals surface area contributed by atoms with Crippen LogP contribution in [0.4, 0.5) is 0 Å². The second-order valence-electron chi connectivity index (χ2n) is 6.22. The average molecular weight is 493 g/mol. The third kappa shape index (κ3) is 10.2. The predicted octanol–water partition coefficient (Wildman–Crippen LogP) is 6.41. The summed E-state index contributed by atoms with van der Waals surface area (Å²) in [5, 5.41) is 0. The van der Waals surface area contributed by atoms with E-state index in [0.717, 1.165) is 0 Å². The fourth-order valence-electron chi connectivity index (χ4n) is 2.13. The number of carbonyl (C=O) groups excluding carboxylic acids is 2. The minimum atomic E-state index is -2.94. The number of benzene rings is 1. The van der Waals surface area contributed by atoms with E-state index in [-0.39, 0.29) is 24.3 Å². The third-order valence-corrected chi connectivity index (χ3v) is 6.15. The van der Waals surface area contributed by atoms with Crippen molar-refractivity contribution in [2.45, 2.75) is 26.8 Å². The first-order valence-electron chi connectivity index (χ1n) is 9.64. The van der Waals surface area contributed by atoms with Crippen LogP contribution in [-0.2, 0) is 11.9 Å². The average Bonchev–Trinajstić information content (AvgIpc) is 2.74. The molecule has 0 N–H and O–H groups in total. The standard InChI is InChI=1S/C15H14O4.C9H12O.CH4.CH3.Ga/c1-3-4-5-8-11(2)15(18)19-13-10-7-6-9-12(13)14(16)17;1-4-5-6-7-8(2)9(3)10;;;/h3-10H,2H2,1H3,(H,16,17);4-7,10H,2-3H2,1H3;1H4;1H3;/q;;;;+2/p-2/b4-3-,8-5-;5-4-,7-6-;;;. The predicted molar refractivity (Wildman–Crippen MR) is 132 cm³/mol. The number of allylic oxidation sites excluding steroid dienone is 7. The fraction of sp³-hybridized carbons (Fsp3) is 0.154. The van der Waals surface area contributed by atoms with Crippen LogP contribution in [0.25, 0.3) is 0 Å². The summed E-state index contributed by atoms with van der Waals surface area (Å²) in [6.45, 7) is 15.1. The van der Waals surface area contributed by atoms with E-state index < -0.39 is 28.9 Å². The number of hydrogen-bond acceptors (Lipinski definition) is 5. The number of para-hydroxylation sites is 1. The maximum atomic E-state index is 12.6. The molecule has 0 aliphatic rings. The molecule has 1 aromatic carbocycles. The molecular weight excluding hydrogens is 462 g/mol. The Morgan fingerprint density at radius 3 is 2.03 bits per heavy atom. The van der Waals surface area contributed by atoms with Gasteiger partial charge in [-0.1, -0.05) is 7.43 Å². The second kappa shape index (κ2) is 15.6. The van der Waals surface area contributed by atoms with Crippen LogP contribution in [0.2, 0.25) is 5.48 Å². The topological polar surface area (TPSA) is 61.8 Å². The summed E-state index contributed by atoms with van der Waals surface area (Å²) in [5.74, 6) is -0.853. The number of carbonyl (C=O) groups is 2. The Balaban J connectivity index is 0.00000961. The second-order valence-corrected chi connectivity index (χ2v) is 9.59. The number of rotatable bonds is 11. The summed E-state index contributed by atoms with van der Waals surface area (Å²) in [7, 11) is 0. The molecule has 0 aliphatic carbocycles. The molecule has 1 aromatic rings. The Hall–Kier alpha value is -3.22. The van der Waals surface area contributed by atoms with Crippen molar-refractivity contribution in [2.24, 2.45) is 0 Å². The van der Waals surface area contributed by atoms with Gasteiger partial charge in [-0.3, -0.25) is 0 Å². The van der Waals surface area contributed by atoms with Crippen LogP contribution >= 0.6 is 0 Å². The monoisotopic (exact) mass is 492 g/mol. The summed E-state index contributed by atoms with van der Waals surface area (Å²) in [5.41, 5.74) is 2.60. The van der Waals surface area contributed by atoms with E-state index in [0.29, 0.717) is 11.3 Å².